The van der Waals surface area contributed by atoms with Crippen LogP contribution in [0.1, 0.15) is 49.0 Å². The van der Waals surface area contributed by atoms with Gasteiger partial charge in [0.15, 0.2) is 11.5 Å². The van der Waals surface area contributed by atoms with E-state index in [1.807, 2.05) is 12.1 Å². The summed E-state index contributed by atoms with van der Waals surface area (Å²) < 4.78 is 0. The van der Waals surface area contributed by atoms with Crippen LogP contribution in [0.3, 0.4) is 0 Å². The zero-order chi connectivity index (χ0) is 16.8. The van der Waals surface area contributed by atoms with Crippen molar-refractivity contribution in [1.29, 1.82) is 0 Å². The highest BCUT2D eigenvalue weighted by Gasteiger charge is 2.16. The maximum Gasteiger partial charge on any atom is 0.272 e. The molecular formula is C18H21ClN4O. The van der Waals surface area contributed by atoms with E-state index < -0.39 is 0 Å². The smallest absolute Gasteiger partial charge is 0.272 e. The number of halogens is 1. The Kier molecular flexibility index (Phi) is 5.64. The zero-order valence-electron chi connectivity index (χ0n) is 13.5. The number of amides is 1. The Morgan fingerprint density at radius 3 is 2.50 bits per heavy atom. The number of hydrogen-bond acceptors (Lipinski definition) is 4. The van der Waals surface area contributed by atoms with Gasteiger partial charge in [-0.1, -0.05) is 43.4 Å². The molecule has 0 unspecified atom stereocenters. The van der Waals surface area contributed by atoms with E-state index in [-0.39, 0.29) is 11.9 Å². The van der Waals surface area contributed by atoms with Crippen molar-refractivity contribution in [3.8, 4) is 0 Å². The first-order valence-corrected chi connectivity index (χ1v) is 8.76. The topological polar surface area (TPSA) is 66.9 Å². The van der Waals surface area contributed by atoms with E-state index in [4.69, 9.17) is 11.6 Å². The predicted molar refractivity (Wildman–Crippen MR) is 95.7 cm³/mol. The third-order valence-corrected chi connectivity index (χ3v) is 4.42. The van der Waals surface area contributed by atoms with E-state index in [9.17, 15) is 4.79 Å². The first-order valence-electron chi connectivity index (χ1n) is 8.38. The molecule has 0 bridgehead atoms. The number of anilines is 2. The largest absolute Gasteiger partial charge is 0.348 e. The van der Waals surface area contributed by atoms with Crippen molar-refractivity contribution in [2.24, 2.45) is 0 Å². The first kappa shape index (κ1) is 16.7. The Balaban J connectivity index is 1.60. The lowest BCUT2D eigenvalue weighted by Crippen LogP contribution is -2.35. The van der Waals surface area contributed by atoms with Crippen molar-refractivity contribution >= 4 is 29.0 Å². The second kappa shape index (κ2) is 8.11. The molecule has 1 aromatic heterocycles. The summed E-state index contributed by atoms with van der Waals surface area (Å²) in [7, 11) is 0. The van der Waals surface area contributed by atoms with E-state index in [1.54, 1.807) is 24.3 Å². The molecule has 0 aliphatic heterocycles. The average Bonchev–Trinajstić information content (AvgIpc) is 2.84. The van der Waals surface area contributed by atoms with Crippen LogP contribution in [0.25, 0.3) is 0 Å². The van der Waals surface area contributed by atoms with Crippen LogP contribution < -0.4 is 10.6 Å². The monoisotopic (exact) mass is 344 g/mol. The van der Waals surface area contributed by atoms with Gasteiger partial charge in [-0.25, -0.2) is 0 Å². The summed E-state index contributed by atoms with van der Waals surface area (Å²) in [6, 6.07) is 11.0. The summed E-state index contributed by atoms with van der Waals surface area (Å²) in [5, 5.41) is 14.9. The minimum atomic E-state index is -0.149. The highest BCUT2D eigenvalue weighted by molar-refractivity contribution is 6.30. The molecule has 1 saturated carbocycles. The van der Waals surface area contributed by atoms with Crippen LogP contribution in [0.15, 0.2) is 36.4 Å². The van der Waals surface area contributed by atoms with Crippen LogP contribution in [0.5, 0.6) is 0 Å². The second-order valence-electron chi connectivity index (χ2n) is 6.10. The van der Waals surface area contributed by atoms with Gasteiger partial charge in [0.1, 0.15) is 0 Å². The Bertz CT molecular complexity index is 682. The zero-order valence-corrected chi connectivity index (χ0v) is 14.2. The molecule has 2 aromatic rings. The van der Waals surface area contributed by atoms with E-state index in [0.717, 1.165) is 18.5 Å². The number of carbonyl (C=O) groups excluding carboxylic acids is 1. The molecule has 1 amide bonds. The fraction of sp³-hybridized carbons (Fsp3) is 0.389. The fourth-order valence-electron chi connectivity index (χ4n) is 2.92. The van der Waals surface area contributed by atoms with Gasteiger partial charge in [0, 0.05) is 16.8 Å². The molecule has 0 radical (unpaired) electrons. The molecule has 1 aliphatic carbocycles. The maximum atomic E-state index is 12.3. The van der Waals surface area contributed by atoms with Crippen molar-refractivity contribution in [3.63, 3.8) is 0 Å². The summed E-state index contributed by atoms with van der Waals surface area (Å²) in [6.45, 7) is 0. The normalized spacial score (nSPS) is 15.5. The first-order chi connectivity index (χ1) is 11.7. The number of nitrogens with zero attached hydrogens (tertiary/aromatic N) is 2. The molecule has 1 aromatic carbocycles. The molecule has 1 heterocycles. The van der Waals surface area contributed by atoms with Crippen LogP contribution in [-0.4, -0.2) is 22.1 Å². The fourth-order valence-corrected chi connectivity index (χ4v) is 3.11. The number of benzene rings is 1. The van der Waals surface area contributed by atoms with E-state index in [2.05, 4.69) is 20.8 Å². The van der Waals surface area contributed by atoms with Crippen LogP contribution in [-0.2, 0) is 0 Å². The quantitative estimate of drug-likeness (QED) is 0.810. The van der Waals surface area contributed by atoms with Crippen molar-refractivity contribution in [2.75, 3.05) is 5.32 Å². The molecule has 6 heteroatoms. The molecule has 5 nitrogen and oxygen atoms in total. The van der Waals surface area contributed by atoms with E-state index in [0.29, 0.717) is 16.5 Å². The molecule has 0 atom stereocenters. The van der Waals surface area contributed by atoms with Crippen LogP contribution in [0, 0.1) is 0 Å². The summed E-state index contributed by atoms with van der Waals surface area (Å²) in [5.41, 5.74) is 1.17. The van der Waals surface area contributed by atoms with Gasteiger partial charge in [0.05, 0.1) is 0 Å². The predicted octanol–water partition coefficient (Wildman–Crippen LogP) is 4.33. The molecule has 24 heavy (non-hydrogen) atoms. The lowest BCUT2D eigenvalue weighted by molar-refractivity contribution is 0.0927. The highest BCUT2D eigenvalue weighted by Crippen LogP contribution is 2.19. The van der Waals surface area contributed by atoms with Gasteiger partial charge in [-0.05, 0) is 43.2 Å². The molecule has 3 rings (SSSR count). The van der Waals surface area contributed by atoms with E-state index in [1.165, 1.54) is 25.7 Å². The molecule has 126 valence electrons. The molecule has 0 saturated heterocycles. The third-order valence-electron chi connectivity index (χ3n) is 4.18. The van der Waals surface area contributed by atoms with Gasteiger partial charge >= 0.3 is 0 Å². The lowest BCUT2D eigenvalue weighted by Gasteiger charge is -2.15. The number of rotatable bonds is 4. The van der Waals surface area contributed by atoms with Crippen molar-refractivity contribution in [3.05, 3.63) is 47.1 Å². The summed E-state index contributed by atoms with van der Waals surface area (Å²) in [4.78, 5) is 12.3. The summed E-state index contributed by atoms with van der Waals surface area (Å²) >= 11 is 5.95. The van der Waals surface area contributed by atoms with Crippen molar-refractivity contribution in [1.82, 2.24) is 15.5 Å². The highest BCUT2D eigenvalue weighted by atomic mass is 35.5. The Morgan fingerprint density at radius 2 is 1.83 bits per heavy atom. The Labute approximate surface area is 146 Å². The molecule has 1 aliphatic rings. The minimum Gasteiger partial charge on any atom is -0.348 e. The van der Waals surface area contributed by atoms with Gasteiger partial charge in [-0.2, -0.15) is 0 Å². The van der Waals surface area contributed by atoms with Gasteiger partial charge < -0.3 is 10.6 Å². The van der Waals surface area contributed by atoms with Gasteiger partial charge in [-0.15, -0.1) is 10.2 Å². The molecule has 1 fully saturated rings. The van der Waals surface area contributed by atoms with Gasteiger partial charge in [-0.3, -0.25) is 4.79 Å². The molecule has 0 spiro atoms. The van der Waals surface area contributed by atoms with Crippen LogP contribution >= 0.6 is 11.6 Å². The van der Waals surface area contributed by atoms with Gasteiger partial charge in [0.2, 0.25) is 0 Å². The van der Waals surface area contributed by atoms with Crippen molar-refractivity contribution < 1.29 is 4.79 Å². The van der Waals surface area contributed by atoms with Crippen LogP contribution in [0.2, 0.25) is 5.02 Å². The summed E-state index contributed by atoms with van der Waals surface area (Å²) in [6.07, 6.45) is 6.98. The standard InChI is InChI=1S/C18H21ClN4O/c19-13-6-5-9-15(12-13)20-17-11-10-16(22-23-17)18(24)21-14-7-3-1-2-4-8-14/h5-6,9-12,14H,1-4,7-8H2,(H,20,23)(H,21,24). The molecule has 2 N–H and O–H groups in total. The number of nitrogens with one attached hydrogen (secondary N) is 2. The van der Waals surface area contributed by atoms with Crippen LogP contribution in [0.4, 0.5) is 11.5 Å². The second-order valence-corrected chi connectivity index (χ2v) is 6.54. The van der Waals surface area contributed by atoms with Gasteiger partial charge in [0.25, 0.3) is 5.91 Å². The third kappa shape index (κ3) is 4.68. The minimum absolute atomic E-state index is 0.149. The average molecular weight is 345 g/mol. The number of aromatic nitrogens is 2. The number of carbonyl (C=O) groups is 1. The summed E-state index contributed by atoms with van der Waals surface area (Å²) in [5.74, 6) is 0.423. The molecular weight excluding hydrogens is 324 g/mol. The Hall–Kier alpha value is -2.14. The van der Waals surface area contributed by atoms with Crippen molar-refractivity contribution in [2.45, 2.75) is 44.6 Å². The number of hydrogen-bond donors (Lipinski definition) is 2. The lowest BCUT2D eigenvalue weighted by atomic mass is 10.1. The maximum absolute atomic E-state index is 12.3. The van der Waals surface area contributed by atoms with E-state index >= 15 is 0 Å². The SMILES string of the molecule is O=C(NC1CCCCCC1)c1ccc(Nc2cccc(Cl)c2)nn1. The Morgan fingerprint density at radius 1 is 1.04 bits per heavy atom.